The number of hydrogen-bond acceptors (Lipinski definition) is 2. The van der Waals surface area contributed by atoms with Gasteiger partial charge in [0.2, 0.25) is 0 Å². The van der Waals surface area contributed by atoms with Crippen molar-refractivity contribution in [3.63, 3.8) is 0 Å². The molecule has 1 amide bonds. The first-order chi connectivity index (χ1) is 9.56. The van der Waals surface area contributed by atoms with Crippen molar-refractivity contribution >= 4 is 17.3 Å². The molecule has 0 fully saturated rings. The molecule has 1 aliphatic heterocycles. The number of aryl methyl sites for hydroxylation is 2. The molecule has 0 unspecified atom stereocenters. The molecule has 2 aromatic carbocycles. The molecule has 0 aliphatic carbocycles. The molecular weight excluding hydrogens is 248 g/mol. The molecule has 0 atom stereocenters. The van der Waals surface area contributed by atoms with E-state index in [1.165, 1.54) is 5.56 Å². The zero-order chi connectivity index (χ0) is 14.3. The van der Waals surface area contributed by atoms with Gasteiger partial charge < -0.3 is 10.6 Å². The molecule has 0 spiro atoms. The van der Waals surface area contributed by atoms with Gasteiger partial charge in [-0.25, -0.2) is 0 Å². The minimum Gasteiger partial charge on any atom is -0.399 e. The summed E-state index contributed by atoms with van der Waals surface area (Å²) >= 11 is 0. The van der Waals surface area contributed by atoms with Gasteiger partial charge in [0.1, 0.15) is 0 Å². The van der Waals surface area contributed by atoms with Crippen LogP contribution in [0.25, 0.3) is 0 Å². The monoisotopic (exact) mass is 266 g/mol. The fraction of sp³-hybridized carbons (Fsp3) is 0.235. The predicted molar refractivity (Wildman–Crippen MR) is 82.2 cm³/mol. The first-order valence-corrected chi connectivity index (χ1v) is 6.84. The molecule has 2 N–H and O–H groups in total. The highest BCUT2D eigenvalue weighted by Crippen LogP contribution is 2.31. The molecule has 3 heteroatoms. The summed E-state index contributed by atoms with van der Waals surface area (Å²) in [5, 5.41) is 0. The van der Waals surface area contributed by atoms with Crippen LogP contribution in [0.3, 0.4) is 0 Å². The highest BCUT2D eigenvalue weighted by atomic mass is 16.2. The Hall–Kier alpha value is -2.29. The van der Waals surface area contributed by atoms with Crippen molar-refractivity contribution in [1.82, 2.24) is 0 Å². The molecule has 102 valence electrons. The molecule has 20 heavy (non-hydrogen) atoms. The molecule has 1 aliphatic rings. The van der Waals surface area contributed by atoms with Crippen LogP contribution in [0.4, 0.5) is 11.4 Å². The Morgan fingerprint density at radius 2 is 1.95 bits per heavy atom. The van der Waals surface area contributed by atoms with Gasteiger partial charge in [0.05, 0.1) is 0 Å². The van der Waals surface area contributed by atoms with E-state index in [0.717, 1.165) is 41.0 Å². The lowest BCUT2D eigenvalue weighted by atomic mass is 10.0. The summed E-state index contributed by atoms with van der Waals surface area (Å²) in [6.45, 7) is 4.75. The number of nitrogens with zero attached hydrogens (tertiary/aromatic N) is 1. The molecular formula is C17H18N2O. The molecule has 2 aromatic rings. The second kappa shape index (κ2) is 4.67. The third-order valence-corrected chi connectivity index (χ3v) is 3.86. The Morgan fingerprint density at radius 1 is 1.15 bits per heavy atom. The Morgan fingerprint density at radius 3 is 2.70 bits per heavy atom. The molecule has 0 bridgehead atoms. The zero-order valence-corrected chi connectivity index (χ0v) is 11.8. The van der Waals surface area contributed by atoms with E-state index < -0.39 is 0 Å². The number of carbonyl (C=O) groups is 1. The Bertz CT molecular complexity index is 691. The predicted octanol–water partition coefficient (Wildman–Crippen LogP) is 3.09. The molecule has 3 rings (SSSR count). The number of rotatable bonds is 1. The fourth-order valence-corrected chi connectivity index (χ4v) is 2.83. The number of benzene rings is 2. The van der Waals surface area contributed by atoms with Crippen molar-refractivity contribution < 1.29 is 4.79 Å². The van der Waals surface area contributed by atoms with Crippen LogP contribution in [-0.4, -0.2) is 12.5 Å². The van der Waals surface area contributed by atoms with Crippen LogP contribution in [0.2, 0.25) is 0 Å². The summed E-state index contributed by atoms with van der Waals surface area (Å²) in [5.74, 6) is 0.0750. The van der Waals surface area contributed by atoms with Crippen molar-refractivity contribution in [2.75, 3.05) is 17.2 Å². The van der Waals surface area contributed by atoms with Gasteiger partial charge in [-0.05, 0) is 55.7 Å². The molecule has 1 heterocycles. The van der Waals surface area contributed by atoms with Gasteiger partial charge in [0.15, 0.2) is 0 Å². The number of fused-ring (bicyclic) bond motifs is 1. The van der Waals surface area contributed by atoms with E-state index in [2.05, 4.69) is 0 Å². The minimum atomic E-state index is 0.0750. The number of nitrogens with two attached hydrogens (primary N) is 1. The van der Waals surface area contributed by atoms with Crippen LogP contribution >= 0.6 is 0 Å². The Labute approximate surface area is 119 Å². The topological polar surface area (TPSA) is 46.3 Å². The summed E-state index contributed by atoms with van der Waals surface area (Å²) in [6, 6.07) is 11.7. The SMILES string of the molecule is Cc1ccc(C(=O)N2CCc3cc(N)ccc32)c(C)c1. The summed E-state index contributed by atoms with van der Waals surface area (Å²) in [6.07, 6.45) is 0.872. The normalized spacial score (nSPS) is 13.4. The summed E-state index contributed by atoms with van der Waals surface area (Å²) in [7, 11) is 0. The highest BCUT2D eigenvalue weighted by Gasteiger charge is 2.26. The number of nitrogen functional groups attached to an aromatic ring is 1. The Kier molecular flexibility index (Phi) is 2.97. The fourth-order valence-electron chi connectivity index (χ4n) is 2.83. The third-order valence-electron chi connectivity index (χ3n) is 3.86. The van der Waals surface area contributed by atoms with Gasteiger partial charge in [-0.15, -0.1) is 0 Å². The smallest absolute Gasteiger partial charge is 0.258 e. The van der Waals surface area contributed by atoms with Crippen LogP contribution in [0.1, 0.15) is 27.0 Å². The molecule has 0 saturated heterocycles. The van der Waals surface area contributed by atoms with Crippen molar-refractivity contribution in [1.29, 1.82) is 0 Å². The van der Waals surface area contributed by atoms with Crippen LogP contribution in [-0.2, 0) is 6.42 Å². The maximum absolute atomic E-state index is 12.7. The van der Waals surface area contributed by atoms with E-state index in [1.54, 1.807) is 0 Å². The zero-order valence-electron chi connectivity index (χ0n) is 11.8. The second-order valence-electron chi connectivity index (χ2n) is 5.41. The average Bonchev–Trinajstić information content (AvgIpc) is 2.80. The van der Waals surface area contributed by atoms with Crippen molar-refractivity contribution in [3.05, 3.63) is 58.7 Å². The van der Waals surface area contributed by atoms with E-state index in [-0.39, 0.29) is 5.91 Å². The minimum absolute atomic E-state index is 0.0750. The van der Waals surface area contributed by atoms with E-state index in [1.807, 2.05) is 55.1 Å². The third kappa shape index (κ3) is 2.05. The van der Waals surface area contributed by atoms with E-state index in [9.17, 15) is 4.79 Å². The van der Waals surface area contributed by atoms with Gasteiger partial charge in [0, 0.05) is 23.5 Å². The average molecular weight is 266 g/mol. The van der Waals surface area contributed by atoms with Gasteiger partial charge >= 0.3 is 0 Å². The number of carbonyl (C=O) groups excluding carboxylic acids is 1. The maximum Gasteiger partial charge on any atom is 0.258 e. The molecule has 3 nitrogen and oxygen atoms in total. The summed E-state index contributed by atoms with van der Waals surface area (Å²) in [5.41, 5.74) is 11.7. The van der Waals surface area contributed by atoms with Gasteiger partial charge in [-0.2, -0.15) is 0 Å². The van der Waals surface area contributed by atoms with E-state index >= 15 is 0 Å². The van der Waals surface area contributed by atoms with Crippen molar-refractivity contribution in [2.45, 2.75) is 20.3 Å². The lowest BCUT2D eigenvalue weighted by Crippen LogP contribution is -2.29. The Balaban J connectivity index is 1.97. The first-order valence-electron chi connectivity index (χ1n) is 6.84. The largest absolute Gasteiger partial charge is 0.399 e. The summed E-state index contributed by atoms with van der Waals surface area (Å²) in [4.78, 5) is 14.6. The van der Waals surface area contributed by atoms with Crippen LogP contribution < -0.4 is 10.6 Å². The highest BCUT2D eigenvalue weighted by molar-refractivity contribution is 6.08. The molecule has 0 radical (unpaired) electrons. The molecule has 0 aromatic heterocycles. The van der Waals surface area contributed by atoms with Gasteiger partial charge in [0.25, 0.3) is 5.91 Å². The van der Waals surface area contributed by atoms with Gasteiger partial charge in [-0.3, -0.25) is 4.79 Å². The number of amides is 1. The standard InChI is InChI=1S/C17H18N2O/c1-11-3-5-15(12(2)9-11)17(20)19-8-7-13-10-14(18)4-6-16(13)19/h3-6,9-10H,7-8,18H2,1-2H3. The van der Waals surface area contributed by atoms with Crippen molar-refractivity contribution in [2.24, 2.45) is 0 Å². The van der Waals surface area contributed by atoms with Crippen LogP contribution in [0.15, 0.2) is 36.4 Å². The number of anilines is 2. The quantitative estimate of drug-likeness (QED) is 0.806. The second-order valence-corrected chi connectivity index (χ2v) is 5.41. The van der Waals surface area contributed by atoms with E-state index in [4.69, 9.17) is 5.73 Å². The van der Waals surface area contributed by atoms with Crippen LogP contribution in [0.5, 0.6) is 0 Å². The maximum atomic E-state index is 12.7. The lowest BCUT2D eigenvalue weighted by Gasteiger charge is -2.19. The first kappa shape index (κ1) is 12.7. The van der Waals surface area contributed by atoms with Crippen LogP contribution in [0, 0.1) is 13.8 Å². The van der Waals surface area contributed by atoms with Gasteiger partial charge in [-0.1, -0.05) is 17.7 Å². The number of hydrogen-bond donors (Lipinski definition) is 1. The van der Waals surface area contributed by atoms with E-state index in [0.29, 0.717) is 0 Å². The lowest BCUT2D eigenvalue weighted by molar-refractivity contribution is 0.0989. The molecule has 0 saturated carbocycles. The van der Waals surface area contributed by atoms with Crippen molar-refractivity contribution in [3.8, 4) is 0 Å². The summed E-state index contributed by atoms with van der Waals surface area (Å²) < 4.78 is 0.